The summed E-state index contributed by atoms with van der Waals surface area (Å²) in [6.07, 6.45) is 14.0. The van der Waals surface area contributed by atoms with E-state index in [0.717, 1.165) is 6.42 Å². The number of fused-ring (bicyclic) bond motifs is 3. The molecule has 0 saturated heterocycles. The predicted molar refractivity (Wildman–Crippen MR) is 164 cm³/mol. The Kier molecular flexibility index (Phi) is 10.6. The molecule has 1 fully saturated rings. The minimum atomic E-state index is 0.177. The second-order valence-corrected chi connectivity index (χ2v) is 15.6. The van der Waals surface area contributed by atoms with Crippen LogP contribution in [0.5, 0.6) is 0 Å². The summed E-state index contributed by atoms with van der Waals surface area (Å²) in [4.78, 5) is 0. The summed E-state index contributed by atoms with van der Waals surface area (Å²) in [5, 5.41) is 0. The molecule has 0 aliphatic heterocycles. The molecule has 5 rings (SSSR count). The van der Waals surface area contributed by atoms with Gasteiger partial charge in [-0.25, -0.2) is 5.57 Å². The first-order chi connectivity index (χ1) is 17.7. The van der Waals surface area contributed by atoms with Crippen molar-refractivity contribution in [2.75, 3.05) is 0 Å². The van der Waals surface area contributed by atoms with Crippen molar-refractivity contribution >= 4 is 3.21 Å². The third-order valence-corrected chi connectivity index (χ3v) is 9.14. The van der Waals surface area contributed by atoms with Crippen LogP contribution in [0.25, 0.3) is 11.1 Å². The fraction of sp³-hybridized carbons (Fsp3) is 0.541. The standard InChI is InChI=1S/C21H25.C10H15.C6H10.Zr/c1-20(2,3)16-9-7-14-11-15-8-10-17(21(4,5)6)13-19(15)18(14)12-16;1-7(2)10-6-8(3)5-9(10)4;1-2-4-6-5-3-1;/h7,9-10,12-13H,11H2,1-6H3;6-8H,1-4H3;1-5H2;/q2*-1;;+2. The van der Waals surface area contributed by atoms with E-state index in [0.29, 0.717) is 11.8 Å². The van der Waals surface area contributed by atoms with Crippen LogP contribution in [0.1, 0.15) is 124 Å². The van der Waals surface area contributed by atoms with Crippen molar-refractivity contribution in [1.29, 1.82) is 0 Å². The van der Waals surface area contributed by atoms with E-state index >= 15 is 0 Å². The molecule has 0 nitrogen and oxygen atoms in total. The average molecular weight is 586 g/mol. The topological polar surface area (TPSA) is 0 Å². The van der Waals surface area contributed by atoms with E-state index < -0.39 is 0 Å². The van der Waals surface area contributed by atoms with Gasteiger partial charge in [-0.1, -0.05) is 116 Å². The molecule has 0 aromatic heterocycles. The van der Waals surface area contributed by atoms with Crippen molar-refractivity contribution in [1.82, 2.24) is 0 Å². The minimum absolute atomic E-state index is 0.177. The maximum absolute atomic E-state index is 3.53. The molecule has 1 heteroatoms. The van der Waals surface area contributed by atoms with Gasteiger partial charge in [-0.05, 0) is 17.4 Å². The Balaban J connectivity index is 0.000000194. The Morgan fingerprint density at radius 3 is 1.92 bits per heavy atom. The molecule has 0 bridgehead atoms. The van der Waals surface area contributed by atoms with Crippen molar-refractivity contribution < 1.29 is 24.2 Å². The second-order valence-electron chi connectivity index (χ2n) is 13.8. The zero-order valence-electron chi connectivity index (χ0n) is 25.9. The third-order valence-electron chi connectivity index (χ3n) is 7.91. The van der Waals surface area contributed by atoms with Crippen LogP contribution in [0.15, 0.2) is 47.6 Å². The molecular weight excluding hydrogens is 536 g/mol. The normalized spacial score (nSPS) is 18.6. The Labute approximate surface area is 249 Å². The quantitative estimate of drug-likeness (QED) is 0.249. The SMILES string of the molecule is CC(C)(C)c1c[c-]c2c(c1)-c1cc(C(C)(C)C)ccc1C2.CC1=[C-]C(C)C=C1C(C)C.[Zr+2]=[C]1CCCCC1. The molecular formula is C37H50Zr. The molecule has 3 aliphatic rings. The third kappa shape index (κ3) is 8.34. The van der Waals surface area contributed by atoms with Crippen LogP contribution in [0, 0.1) is 24.0 Å². The average Bonchev–Trinajstić information content (AvgIpc) is 3.37. The van der Waals surface area contributed by atoms with Gasteiger partial charge in [0.15, 0.2) is 0 Å². The van der Waals surface area contributed by atoms with Crippen LogP contribution in [0.3, 0.4) is 0 Å². The molecule has 1 saturated carbocycles. The monoisotopic (exact) mass is 584 g/mol. The zero-order valence-corrected chi connectivity index (χ0v) is 28.3. The predicted octanol–water partition coefficient (Wildman–Crippen LogP) is 10.3. The van der Waals surface area contributed by atoms with Crippen molar-refractivity contribution in [2.24, 2.45) is 11.8 Å². The summed E-state index contributed by atoms with van der Waals surface area (Å²) >= 11 is 1.69. The fourth-order valence-electron chi connectivity index (χ4n) is 5.45. The number of rotatable bonds is 1. The molecule has 2 aromatic rings. The molecule has 0 heterocycles. The van der Waals surface area contributed by atoms with E-state index in [9.17, 15) is 0 Å². The first-order valence-electron chi connectivity index (χ1n) is 14.7. The van der Waals surface area contributed by atoms with E-state index in [1.807, 2.05) is 0 Å². The van der Waals surface area contributed by atoms with Crippen molar-refractivity contribution in [3.05, 3.63) is 82.0 Å². The number of hydrogen-bond acceptors (Lipinski definition) is 0. The summed E-state index contributed by atoms with van der Waals surface area (Å²) in [5.74, 6) is 1.20. The van der Waals surface area contributed by atoms with Gasteiger partial charge in [0.1, 0.15) is 0 Å². The molecule has 0 amide bonds. The van der Waals surface area contributed by atoms with Crippen LogP contribution in [-0.4, -0.2) is 3.21 Å². The van der Waals surface area contributed by atoms with Gasteiger partial charge in [0.05, 0.1) is 0 Å². The molecule has 0 spiro atoms. The Morgan fingerprint density at radius 2 is 1.47 bits per heavy atom. The molecule has 1 unspecified atom stereocenters. The van der Waals surface area contributed by atoms with Gasteiger partial charge in [-0.3, -0.25) is 6.08 Å². The number of allylic oxidation sites excluding steroid dienone is 4. The molecule has 38 heavy (non-hydrogen) atoms. The molecule has 3 aliphatic carbocycles. The van der Waals surface area contributed by atoms with Crippen molar-refractivity contribution in [2.45, 2.75) is 119 Å². The molecule has 2 aromatic carbocycles. The summed E-state index contributed by atoms with van der Waals surface area (Å²) in [6.45, 7) is 22.4. The second kappa shape index (κ2) is 12.9. The molecule has 0 radical (unpaired) electrons. The fourth-order valence-corrected chi connectivity index (χ4v) is 6.32. The van der Waals surface area contributed by atoms with Gasteiger partial charge in [-0.15, -0.1) is 5.56 Å². The first kappa shape index (κ1) is 31.2. The van der Waals surface area contributed by atoms with Crippen LogP contribution in [0.4, 0.5) is 0 Å². The van der Waals surface area contributed by atoms with E-state index in [1.165, 1.54) is 76.6 Å². The van der Waals surface area contributed by atoms with Crippen LogP contribution in [0.2, 0.25) is 0 Å². The van der Waals surface area contributed by atoms with Crippen LogP contribution >= 0.6 is 0 Å². The van der Waals surface area contributed by atoms with Gasteiger partial charge >= 0.3 is 59.5 Å². The van der Waals surface area contributed by atoms with Gasteiger partial charge in [-0.2, -0.15) is 41.0 Å². The Bertz CT molecular complexity index is 1120. The van der Waals surface area contributed by atoms with Gasteiger partial charge < -0.3 is 0 Å². The number of benzene rings is 2. The Hall–Kier alpha value is -1.33. The van der Waals surface area contributed by atoms with Gasteiger partial charge in [0, 0.05) is 0 Å². The van der Waals surface area contributed by atoms with E-state index in [-0.39, 0.29) is 10.8 Å². The van der Waals surface area contributed by atoms with Crippen molar-refractivity contribution in [3.8, 4) is 11.1 Å². The van der Waals surface area contributed by atoms with E-state index in [1.54, 1.807) is 27.4 Å². The maximum atomic E-state index is 3.53. The van der Waals surface area contributed by atoms with Gasteiger partial charge in [0.2, 0.25) is 0 Å². The molecule has 202 valence electrons. The van der Waals surface area contributed by atoms with E-state index in [2.05, 4.69) is 118 Å². The van der Waals surface area contributed by atoms with Gasteiger partial charge in [0.25, 0.3) is 0 Å². The van der Waals surface area contributed by atoms with Crippen molar-refractivity contribution in [3.63, 3.8) is 0 Å². The molecule has 1 atom stereocenters. The summed E-state index contributed by atoms with van der Waals surface area (Å²) in [6, 6.07) is 15.1. The summed E-state index contributed by atoms with van der Waals surface area (Å²) in [5.41, 5.74) is 11.6. The Morgan fingerprint density at radius 1 is 0.868 bits per heavy atom. The zero-order chi connectivity index (χ0) is 28.3. The first-order valence-corrected chi connectivity index (χ1v) is 16.0. The summed E-state index contributed by atoms with van der Waals surface area (Å²) < 4.78 is 1.80. The van der Waals surface area contributed by atoms with Crippen LogP contribution < -0.4 is 0 Å². The number of hydrogen-bond donors (Lipinski definition) is 0. The van der Waals surface area contributed by atoms with Crippen LogP contribution in [-0.2, 0) is 41.5 Å². The summed E-state index contributed by atoms with van der Waals surface area (Å²) in [7, 11) is 0. The molecule has 0 N–H and O–H groups in total. The van der Waals surface area contributed by atoms with E-state index in [4.69, 9.17) is 0 Å².